The predicted molar refractivity (Wildman–Crippen MR) is 116 cm³/mol. The number of aryl methyl sites for hydroxylation is 1. The molecule has 0 atom stereocenters. The Balaban J connectivity index is 0.00000196. The van der Waals surface area contributed by atoms with Crippen LogP contribution in [0.1, 0.15) is 52.0 Å². The Bertz CT molecular complexity index is 794. The summed E-state index contributed by atoms with van der Waals surface area (Å²) in [6.45, 7) is 1.87. The zero-order valence-corrected chi connectivity index (χ0v) is 17.3. The first kappa shape index (κ1) is 23.9. The smallest absolute Gasteiger partial charge is 0.255 e. The van der Waals surface area contributed by atoms with Gasteiger partial charge in [-0.3, -0.25) is 14.6 Å². The lowest BCUT2D eigenvalue weighted by Crippen LogP contribution is -2.40. The Morgan fingerprint density at radius 3 is 2.29 bits per heavy atom. The summed E-state index contributed by atoms with van der Waals surface area (Å²) in [4.78, 5) is 29.2. The lowest BCUT2D eigenvalue weighted by Gasteiger charge is -2.27. The van der Waals surface area contributed by atoms with Gasteiger partial charge in [0.2, 0.25) is 0 Å². The quantitative estimate of drug-likeness (QED) is 0.699. The molecule has 0 aliphatic heterocycles. The molecule has 2 amide bonds. The highest BCUT2D eigenvalue weighted by Gasteiger charge is 2.22. The number of benzene rings is 1. The first-order valence-corrected chi connectivity index (χ1v) is 8.92. The zero-order chi connectivity index (χ0) is 18.5. The number of hydrogen-bond donors (Lipinski definition) is 3. The summed E-state index contributed by atoms with van der Waals surface area (Å²) in [5.41, 5.74) is 8.28. The highest BCUT2D eigenvalue weighted by atomic mass is 35.5. The number of amides is 2. The van der Waals surface area contributed by atoms with Crippen molar-refractivity contribution < 1.29 is 9.59 Å². The van der Waals surface area contributed by atoms with Gasteiger partial charge in [0.15, 0.2) is 0 Å². The van der Waals surface area contributed by atoms with Gasteiger partial charge >= 0.3 is 0 Å². The highest BCUT2D eigenvalue weighted by Crippen LogP contribution is 2.23. The van der Waals surface area contributed by atoms with Crippen LogP contribution in [0.4, 0.5) is 5.69 Å². The summed E-state index contributed by atoms with van der Waals surface area (Å²) in [5, 5.41) is 5.95. The van der Waals surface area contributed by atoms with Crippen molar-refractivity contribution in [2.75, 3.05) is 5.32 Å². The zero-order valence-electron chi connectivity index (χ0n) is 15.7. The average Bonchev–Trinajstić information content (AvgIpc) is 2.65. The molecule has 1 aliphatic rings. The Morgan fingerprint density at radius 1 is 1.00 bits per heavy atom. The van der Waals surface area contributed by atoms with Gasteiger partial charge in [-0.1, -0.05) is 12.1 Å². The van der Waals surface area contributed by atoms with Gasteiger partial charge in [-0.15, -0.1) is 24.8 Å². The molecule has 0 radical (unpaired) electrons. The van der Waals surface area contributed by atoms with E-state index in [1.807, 2.05) is 19.1 Å². The summed E-state index contributed by atoms with van der Waals surface area (Å²) in [5.74, 6) is -0.432. The monoisotopic (exact) mass is 424 g/mol. The summed E-state index contributed by atoms with van der Waals surface area (Å²) in [7, 11) is 0. The van der Waals surface area contributed by atoms with Crippen molar-refractivity contribution in [1.29, 1.82) is 0 Å². The first-order valence-electron chi connectivity index (χ1n) is 8.92. The van der Waals surface area contributed by atoms with Gasteiger partial charge in [0.05, 0.1) is 11.3 Å². The minimum Gasteiger partial charge on any atom is -0.349 e. The van der Waals surface area contributed by atoms with Gasteiger partial charge in [0.25, 0.3) is 11.8 Å². The van der Waals surface area contributed by atoms with Crippen molar-refractivity contribution >= 4 is 42.3 Å². The molecule has 6 nitrogen and oxygen atoms in total. The van der Waals surface area contributed by atoms with Crippen LogP contribution in [0.3, 0.4) is 0 Å². The number of carbonyl (C=O) groups is 2. The summed E-state index contributed by atoms with van der Waals surface area (Å²) in [6, 6.07) is 9.07. The van der Waals surface area contributed by atoms with Crippen molar-refractivity contribution in [3.63, 3.8) is 0 Å². The van der Waals surface area contributed by atoms with Gasteiger partial charge in [-0.05, 0) is 56.4 Å². The number of aromatic nitrogens is 1. The topological polar surface area (TPSA) is 97.1 Å². The summed E-state index contributed by atoms with van der Waals surface area (Å²) in [6.07, 6.45) is 6.74. The van der Waals surface area contributed by atoms with E-state index in [0.29, 0.717) is 16.8 Å². The maximum atomic E-state index is 12.8. The van der Waals surface area contributed by atoms with E-state index in [0.717, 1.165) is 31.2 Å². The van der Waals surface area contributed by atoms with Crippen LogP contribution >= 0.6 is 24.8 Å². The molecule has 0 bridgehead atoms. The number of nitrogens with two attached hydrogens (primary N) is 1. The molecule has 1 aromatic heterocycles. The standard InChI is InChI=1S/C20H24N4O2.2ClH/c1-13-3-2-4-17(20(26)23-16-7-5-15(21)6-8-16)18(13)24-19(25)14-9-11-22-12-10-14;;/h2-4,9-12,15-16H,5-8,21H2,1H3,(H,23,26)(H,24,25);2*1H. The fourth-order valence-electron chi connectivity index (χ4n) is 3.24. The van der Waals surface area contributed by atoms with Gasteiger partial charge in [0, 0.05) is 30.0 Å². The summed E-state index contributed by atoms with van der Waals surface area (Å²) < 4.78 is 0. The number of pyridine rings is 1. The van der Waals surface area contributed by atoms with Crippen LogP contribution in [0, 0.1) is 6.92 Å². The molecular formula is C20H26Cl2N4O2. The molecule has 3 rings (SSSR count). The van der Waals surface area contributed by atoms with E-state index in [9.17, 15) is 9.59 Å². The predicted octanol–water partition coefficient (Wildman–Crippen LogP) is 3.49. The van der Waals surface area contributed by atoms with E-state index >= 15 is 0 Å². The maximum absolute atomic E-state index is 12.8. The number of carbonyl (C=O) groups excluding carboxylic acids is 2. The van der Waals surface area contributed by atoms with Crippen molar-refractivity contribution in [1.82, 2.24) is 10.3 Å². The molecule has 0 unspecified atom stereocenters. The largest absolute Gasteiger partial charge is 0.349 e. The van der Waals surface area contributed by atoms with Gasteiger partial charge < -0.3 is 16.4 Å². The van der Waals surface area contributed by atoms with E-state index in [4.69, 9.17) is 5.73 Å². The number of halogens is 2. The second-order valence-corrected chi connectivity index (χ2v) is 6.77. The third-order valence-electron chi connectivity index (χ3n) is 4.81. The number of para-hydroxylation sites is 1. The minimum absolute atomic E-state index is 0. The fraction of sp³-hybridized carbons (Fsp3) is 0.350. The number of nitrogens with zero attached hydrogens (tertiary/aromatic N) is 1. The minimum atomic E-state index is -0.264. The number of anilines is 1. The normalized spacial score (nSPS) is 18.2. The van der Waals surface area contributed by atoms with Crippen LogP contribution in [0.25, 0.3) is 0 Å². The Morgan fingerprint density at radius 2 is 1.64 bits per heavy atom. The molecule has 28 heavy (non-hydrogen) atoms. The second-order valence-electron chi connectivity index (χ2n) is 6.77. The SMILES string of the molecule is Cc1cccc(C(=O)NC2CCC(N)CC2)c1NC(=O)c1ccncc1.Cl.Cl. The molecule has 0 spiro atoms. The van der Waals surface area contributed by atoms with Crippen LogP contribution in [0.15, 0.2) is 42.7 Å². The molecular weight excluding hydrogens is 399 g/mol. The van der Waals surface area contributed by atoms with Crippen LogP contribution in [-0.2, 0) is 0 Å². The first-order chi connectivity index (χ1) is 12.5. The van der Waals surface area contributed by atoms with Crippen molar-refractivity contribution in [3.05, 3.63) is 59.4 Å². The highest BCUT2D eigenvalue weighted by molar-refractivity contribution is 6.09. The average molecular weight is 425 g/mol. The fourth-order valence-corrected chi connectivity index (χ4v) is 3.24. The number of nitrogens with one attached hydrogen (secondary N) is 2. The van der Waals surface area contributed by atoms with Gasteiger partial charge in [0.1, 0.15) is 0 Å². The molecule has 0 saturated heterocycles. The molecule has 8 heteroatoms. The van der Waals surface area contributed by atoms with Gasteiger partial charge in [-0.25, -0.2) is 0 Å². The van der Waals surface area contributed by atoms with Crippen LogP contribution in [0.5, 0.6) is 0 Å². The third kappa shape index (κ3) is 5.92. The Kier molecular flexibility index (Phi) is 9.38. The van der Waals surface area contributed by atoms with Gasteiger partial charge in [-0.2, -0.15) is 0 Å². The third-order valence-corrected chi connectivity index (χ3v) is 4.81. The van der Waals surface area contributed by atoms with E-state index in [-0.39, 0.29) is 48.7 Å². The summed E-state index contributed by atoms with van der Waals surface area (Å²) >= 11 is 0. The molecule has 4 N–H and O–H groups in total. The molecule has 152 valence electrons. The molecule has 1 saturated carbocycles. The molecule has 1 aliphatic carbocycles. The van der Waals surface area contributed by atoms with Crippen LogP contribution < -0.4 is 16.4 Å². The maximum Gasteiger partial charge on any atom is 0.255 e. The van der Waals surface area contributed by atoms with Crippen LogP contribution in [-0.4, -0.2) is 28.9 Å². The Labute approximate surface area is 177 Å². The van der Waals surface area contributed by atoms with E-state index in [1.54, 1.807) is 30.6 Å². The second kappa shape index (κ2) is 11.0. The number of hydrogen-bond acceptors (Lipinski definition) is 4. The van der Waals surface area contributed by atoms with Crippen molar-refractivity contribution in [3.8, 4) is 0 Å². The van der Waals surface area contributed by atoms with E-state index in [1.165, 1.54) is 0 Å². The van der Waals surface area contributed by atoms with Crippen molar-refractivity contribution in [2.24, 2.45) is 5.73 Å². The number of rotatable bonds is 4. The Hall–Kier alpha value is -2.15. The molecule has 1 aromatic carbocycles. The molecule has 1 heterocycles. The van der Waals surface area contributed by atoms with Crippen LogP contribution in [0.2, 0.25) is 0 Å². The molecule has 2 aromatic rings. The lowest BCUT2D eigenvalue weighted by atomic mass is 9.91. The van der Waals surface area contributed by atoms with E-state index < -0.39 is 0 Å². The van der Waals surface area contributed by atoms with Crippen molar-refractivity contribution in [2.45, 2.75) is 44.7 Å². The van der Waals surface area contributed by atoms with E-state index in [2.05, 4.69) is 15.6 Å². The molecule has 1 fully saturated rings. The lowest BCUT2D eigenvalue weighted by molar-refractivity contribution is 0.0926.